The molecular weight excluding hydrogens is 374 g/mol. The van der Waals surface area contributed by atoms with E-state index in [2.05, 4.69) is 25.4 Å². The summed E-state index contributed by atoms with van der Waals surface area (Å²) in [5.41, 5.74) is -0.0846. The van der Waals surface area contributed by atoms with Crippen molar-refractivity contribution < 1.29 is 9.59 Å². The number of rotatable bonds is 5. The van der Waals surface area contributed by atoms with E-state index in [9.17, 15) is 9.59 Å². The summed E-state index contributed by atoms with van der Waals surface area (Å²) in [5, 5.41) is 14.5. The third-order valence-electron chi connectivity index (χ3n) is 7.05. The molecule has 0 aromatic carbocycles. The molecule has 5 saturated carbocycles. The average Bonchev–Trinajstić information content (AvgIpc) is 3.36. The number of urea groups is 1. The van der Waals surface area contributed by atoms with Crippen molar-refractivity contribution in [1.29, 1.82) is 0 Å². The lowest BCUT2D eigenvalue weighted by Crippen LogP contribution is -2.62. The van der Waals surface area contributed by atoms with Gasteiger partial charge in [-0.15, -0.1) is 10.2 Å². The summed E-state index contributed by atoms with van der Waals surface area (Å²) < 4.78 is 2.12. The van der Waals surface area contributed by atoms with Crippen LogP contribution in [-0.4, -0.2) is 37.5 Å². The maximum atomic E-state index is 12.6. The number of hydrogen-bond donors (Lipinski definition) is 2. The van der Waals surface area contributed by atoms with Crippen LogP contribution in [0.5, 0.6) is 0 Å². The molecule has 0 aliphatic heterocycles. The number of hydrogen-bond acceptors (Lipinski definition) is 5. The zero-order valence-corrected chi connectivity index (χ0v) is 17.4. The lowest BCUT2D eigenvalue weighted by atomic mass is 9.53. The summed E-state index contributed by atoms with van der Waals surface area (Å²) in [7, 11) is 0. The van der Waals surface area contributed by atoms with Crippen LogP contribution in [0.2, 0.25) is 0 Å². The van der Waals surface area contributed by atoms with Gasteiger partial charge in [-0.2, -0.15) is 0 Å². The molecule has 1 heterocycles. The molecular formula is C20H29N5O2S. The molecule has 0 spiro atoms. The first-order valence-corrected chi connectivity index (χ1v) is 11.5. The topological polar surface area (TPSA) is 88.9 Å². The fourth-order valence-electron chi connectivity index (χ4n) is 6.14. The summed E-state index contributed by atoms with van der Waals surface area (Å²) in [5.74, 6) is 2.89. The number of aromatic nitrogens is 3. The summed E-state index contributed by atoms with van der Waals surface area (Å²) in [6.45, 7) is 3.76. The highest BCUT2D eigenvalue weighted by molar-refractivity contribution is 8.00. The molecule has 5 fully saturated rings. The molecule has 3 amide bonds. The van der Waals surface area contributed by atoms with E-state index in [0.29, 0.717) is 6.04 Å². The number of thioether (sulfide) groups is 1. The zero-order chi connectivity index (χ0) is 19.5. The third kappa shape index (κ3) is 3.44. The highest BCUT2D eigenvalue weighted by Crippen LogP contribution is 2.55. The predicted molar refractivity (Wildman–Crippen MR) is 106 cm³/mol. The molecule has 0 unspecified atom stereocenters. The van der Waals surface area contributed by atoms with Gasteiger partial charge in [0.25, 0.3) is 0 Å². The van der Waals surface area contributed by atoms with Crippen molar-refractivity contribution in [2.75, 3.05) is 0 Å². The van der Waals surface area contributed by atoms with E-state index in [4.69, 9.17) is 0 Å². The first-order chi connectivity index (χ1) is 13.4. The Balaban J connectivity index is 1.18. The smallest absolute Gasteiger partial charge is 0.321 e. The maximum absolute atomic E-state index is 12.6. The Morgan fingerprint density at radius 1 is 1.11 bits per heavy atom. The van der Waals surface area contributed by atoms with Crippen molar-refractivity contribution >= 4 is 23.7 Å². The number of carbonyl (C=O) groups excluding carboxylic acids is 2. The molecule has 28 heavy (non-hydrogen) atoms. The monoisotopic (exact) mass is 403 g/mol. The van der Waals surface area contributed by atoms with Gasteiger partial charge in [0.05, 0.1) is 5.25 Å². The molecule has 0 radical (unpaired) electrons. The summed E-state index contributed by atoms with van der Waals surface area (Å²) in [6, 6.07) is 0.131. The molecule has 2 N–H and O–H groups in total. The van der Waals surface area contributed by atoms with E-state index in [0.717, 1.165) is 60.8 Å². The first-order valence-electron chi connectivity index (χ1n) is 10.6. The van der Waals surface area contributed by atoms with Crippen molar-refractivity contribution in [2.24, 2.45) is 17.8 Å². The lowest BCUT2D eigenvalue weighted by Gasteiger charge is -2.56. The maximum Gasteiger partial charge on any atom is 0.321 e. The Hall–Kier alpha value is -1.57. The standard InChI is InChI=1S/C20H29N5O2S/c1-11(28-19-24-23-12(2)25(19)16-3-4-16)17(26)21-18(27)22-20-8-13-5-14(9-20)7-15(6-13)10-20/h11,13-16H,3-10H2,1-2H3,(H2,21,22,26,27)/t11-,13?,14?,15?,20?/m1/s1. The zero-order valence-electron chi connectivity index (χ0n) is 16.6. The number of carbonyl (C=O) groups is 2. The average molecular weight is 404 g/mol. The second-order valence-corrected chi connectivity index (χ2v) is 10.8. The molecule has 1 atom stereocenters. The minimum atomic E-state index is -0.400. The van der Waals surface area contributed by atoms with Gasteiger partial charge in [0, 0.05) is 11.6 Å². The molecule has 5 aliphatic carbocycles. The van der Waals surface area contributed by atoms with Gasteiger partial charge in [-0.25, -0.2) is 4.79 Å². The van der Waals surface area contributed by atoms with Crippen molar-refractivity contribution in [3.63, 3.8) is 0 Å². The third-order valence-corrected chi connectivity index (χ3v) is 8.11. The van der Waals surface area contributed by atoms with E-state index >= 15 is 0 Å². The van der Waals surface area contributed by atoms with Gasteiger partial charge >= 0.3 is 6.03 Å². The van der Waals surface area contributed by atoms with Gasteiger partial charge in [0.15, 0.2) is 5.16 Å². The fourth-order valence-corrected chi connectivity index (χ4v) is 7.11. The largest absolute Gasteiger partial charge is 0.332 e. The highest BCUT2D eigenvalue weighted by Gasteiger charge is 2.51. The normalized spacial score (nSPS) is 34.3. The molecule has 6 rings (SSSR count). The van der Waals surface area contributed by atoms with E-state index in [-0.39, 0.29) is 17.5 Å². The van der Waals surface area contributed by atoms with Gasteiger partial charge in [-0.05, 0) is 83.0 Å². The molecule has 0 saturated heterocycles. The molecule has 8 heteroatoms. The van der Waals surface area contributed by atoms with Crippen LogP contribution >= 0.6 is 11.8 Å². The predicted octanol–water partition coefficient (Wildman–Crippen LogP) is 3.20. The summed E-state index contributed by atoms with van der Waals surface area (Å²) in [4.78, 5) is 25.2. The van der Waals surface area contributed by atoms with Crippen molar-refractivity contribution in [1.82, 2.24) is 25.4 Å². The quantitative estimate of drug-likeness (QED) is 0.737. The number of amides is 3. The van der Waals surface area contributed by atoms with Crippen molar-refractivity contribution in [3.05, 3.63) is 5.82 Å². The SMILES string of the molecule is Cc1nnc(S[C@H](C)C(=O)NC(=O)NC23CC4CC(CC(C4)C2)C3)n1C1CC1. The van der Waals surface area contributed by atoms with E-state index in [1.54, 1.807) is 0 Å². The molecule has 7 nitrogen and oxygen atoms in total. The van der Waals surface area contributed by atoms with Crippen molar-refractivity contribution in [3.8, 4) is 0 Å². The number of imide groups is 1. The van der Waals surface area contributed by atoms with Crippen molar-refractivity contribution in [2.45, 2.75) is 87.2 Å². The Morgan fingerprint density at radius 2 is 1.71 bits per heavy atom. The van der Waals surface area contributed by atoms with E-state index < -0.39 is 5.25 Å². The van der Waals surface area contributed by atoms with Gasteiger partial charge in [-0.3, -0.25) is 10.1 Å². The second-order valence-electron chi connectivity index (χ2n) is 9.53. The second kappa shape index (κ2) is 6.75. The number of aryl methyl sites for hydroxylation is 1. The van der Waals surface area contributed by atoms with Gasteiger partial charge in [-0.1, -0.05) is 11.8 Å². The molecule has 1 aromatic heterocycles. The van der Waals surface area contributed by atoms with Gasteiger partial charge < -0.3 is 9.88 Å². The highest BCUT2D eigenvalue weighted by atomic mass is 32.2. The Labute approximate surface area is 169 Å². The number of nitrogens with zero attached hydrogens (tertiary/aromatic N) is 3. The van der Waals surface area contributed by atoms with Crippen LogP contribution in [0.15, 0.2) is 5.16 Å². The Bertz CT molecular complexity index is 767. The minimum Gasteiger partial charge on any atom is -0.332 e. The van der Waals surface area contributed by atoms with Gasteiger partial charge in [0.2, 0.25) is 5.91 Å². The minimum absolute atomic E-state index is 0.0846. The van der Waals surface area contributed by atoms with Crippen LogP contribution in [0.3, 0.4) is 0 Å². The molecule has 4 bridgehead atoms. The van der Waals surface area contributed by atoms with Crippen LogP contribution in [0.25, 0.3) is 0 Å². The lowest BCUT2D eigenvalue weighted by molar-refractivity contribution is -0.119. The molecule has 1 aromatic rings. The van der Waals surface area contributed by atoms with Gasteiger partial charge in [0.1, 0.15) is 5.82 Å². The van der Waals surface area contributed by atoms with Crippen LogP contribution in [0, 0.1) is 24.7 Å². The Morgan fingerprint density at radius 3 is 2.29 bits per heavy atom. The molecule has 152 valence electrons. The van der Waals surface area contributed by atoms with E-state index in [1.807, 2.05) is 13.8 Å². The first kappa shape index (κ1) is 18.5. The summed E-state index contributed by atoms with van der Waals surface area (Å²) in [6.07, 6.45) is 9.50. The van der Waals surface area contributed by atoms with E-state index in [1.165, 1.54) is 31.0 Å². The Kier molecular flexibility index (Phi) is 4.45. The fraction of sp³-hybridized carbons (Fsp3) is 0.800. The summed E-state index contributed by atoms with van der Waals surface area (Å²) >= 11 is 1.38. The number of nitrogens with one attached hydrogen (secondary N) is 2. The van der Waals surface area contributed by atoms with Crippen LogP contribution in [0.1, 0.15) is 70.2 Å². The van der Waals surface area contributed by atoms with Crippen LogP contribution in [0.4, 0.5) is 4.79 Å². The van der Waals surface area contributed by atoms with Crippen LogP contribution in [-0.2, 0) is 4.79 Å². The van der Waals surface area contributed by atoms with Crippen LogP contribution < -0.4 is 10.6 Å². The molecule has 5 aliphatic rings.